The minimum absolute atomic E-state index is 0.0349. The first-order valence-electron chi connectivity index (χ1n) is 11.6. The van der Waals surface area contributed by atoms with E-state index in [1.165, 1.54) is 24.5 Å². The van der Waals surface area contributed by atoms with E-state index in [-0.39, 0.29) is 29.0 Å². The molecule has 36 heavy (non-hydrogen) atoms. The van der Waals surface area contributed by atoms with Gasteiger partial charge in [0.1, 0.15) is 29.1 Å². The summed E-state index contributed by atoms with van der Waals surface area (Å²) in [4.78, 5) is 35.0. The Balaban J connectivity index is 1.68. The SMILES string of the molecule is CCOc1ccc(/C(O)=C2\C(=O)C(=O)N(c3nc4ccc(F)cc4[nH]3)C2c2ccco2)cc1C(C)C. The number of furan rings is 1. The van der Waals surface area contributed by atoms with E-state index in [0.717, 1.165) is 10.5 Å². The van der Waals surface area contributed by atoms with Crippen molar-refractivity contribution in [2.24, 2.45) is 0 Å². The Bertz CT molecular complexity index is 1500. The number of rotatable bonds is 6. The number of carbonyl (C=O) groups is 2. The molecule has 1 unspecified atom stereocenters. The molecule has 9 heteroatoms. The van der Waals surface area contributed by atoms with Crippen LogP contribution in [0.5, 0.6) is 5.75 Å². The van der Waals surface area contributed by atoms with Crippen molar-refractivity contribution in [3.05, 3.63) is 83.1 Å². The van der Waals surface area contributed by atoms with E-state index in [1.807, 2.05) is 20.8 Å². The molecular formula is C27H24FN3O5. The normalized spacial score (nSPS) is 17.5. The molecule has 0 spiro atoms. The number of anilines is 1. The molecule has 1 atom stereocenters. The van der Waals surface area contributed by atoms with Gasteiger partial charge in [-0.1, -0.05) is 13.8 Å². The number of carbonyl (C=O) groups excluding carboxylic acids is 2. The highest BCUT2D eigenvalue weighted by Crippen LogP contribution is 2.42. The highest BCUT2D eigenvalue weighted by Gasteiger charge is 2.49. The maximum absolute atomic E-state index is 13.7. The molecule has 2 N–H and O–H groups in total. The second-order valence-corrected chi connectivity index (χ2v) is 8.75. The van der Waals surface area contributed by atoms with Crippen LogP contribution in [0.15, 0.2) is 64.8 Å². The average Bonchev–Trinajstić information content (AvgIpc) is 3.57. The molecule has 0 radical (unpaired) electrons. The number of hydrogen-bond donors (Lipinski definition) is 2. The van der Waals surface area contributed by atoms with Gasteiger partial charge in [-0.3, -0.25) is 14.5 Å². The van der Waals surface area contributed by atoms with Crippen LogP contribution in [0.4, 0.5) is 10.3 Å². The molecule has 0 aliphatic carbocycles. The molecule has 1 amide bonds. The van der Waals surface area contributed by atoms with E-state index in [9.17, 15) is 19.1 Å². The van der Waals surface area contributed by atoms with Crippen LogP contribution in [0.25, 0.3) is 16.8 Å². The zero-order valence-electron chi connectivity index (χ0n) is 19.9. The third-order valence-corrected chi connectivity index (χ3v) is 6.12. The van der Waals surface area contributed by atoms with Gasteiger partial charge in [0.2, 0.25) is 5.95 Å². The van der Waals surface area contributed by atoms with Crippen LogP contribution in [0.1, 0.15) is 49.6 Å². The molecule has 1 saturated heterocycles. The fraction of sp³-hybridized carbons (Fsp3) is 0.222. The van der Waals surface area contributed by atoms with Gasteiger partial charge in [-0.05, 0) is 66.9 Å². The predicted molar refractivity (Wildman–Crippen MR) is 131 cm³/mol. The number of aromatic amines is 1. The summed E-state index contributed by atoms with van der Waals surface area (Å²) in [6.07, 6.45) is 1.41. The summed E-state index contributed by atoms with van der Waals surface area (Å²) in [5.41, 5.74) is 1.85. The van der Waals surface area contributed by atoms with Crippen molar-refractivity contribution < 1.29 is 28.2 Å². The number of ether oxygens (including phenoxy) is 1. The lowest BCUT2D eigenvalue weighted by atomic mass is 9.95. The number of H-pyrrole nitrogens is 1. The third-order valence-electron chi connectivity index (χ3n) is 6.12. The van der Waals surface area contributed by atoms with Gasteiger partial charge in [0, 0.05) is 5.56 Å². The van der Waals surface area contributed by atoms with Gasteiger partial charge >= 0.3 is 5.91 Å². The van der Waals surface area contributed by atoms with Crippen LogP contribution in [-0.2, 0) is 9.59 Å². The lowest BCUT2D eigenvalue weighted by molar-refractivity contribution is -0.132. The van der Waals surface area contributed by atoms with Crippen LogP contribution < -0.4 is 9.64 Å². The lowest BCUT2D eigenvalue weighted by Gasteiger charge is -2.21. The van der Waals surface area contributed by atoms with Crippen LogP contribution in [0, 0.1) is 5.82 Å². The lowest BCUT2D eigenvalue weighted by Crippen LogP contribution is -2.30. The summed E-state index contributed by atoms with van der Waals surface area (Å²) < 4.78 is 25.0. The maximum atomic E-state index is 13.7. The molecule has 0 saturated carbocycles. The molecule has 3 heterocycles. The summed E-state index contributed by atoms with van der Waals surface area (Å²) in [5.74, 6) is -1.54. The first-order chi connectivity index (χ1) is 17.3. The number of nitrogens with one attached hydrogen (secondary N) is 1. The number of halogens is 1. The third kappa shape index (κ3) is 3.82. The standard InChI is InChI=1S/C27H24FN3O5/c1-4-35-20-10-7-15(12-17(20)14(2)3)24(32)22-23(21-6-5-11-36-21)31(26(34)25(22)33)27-29-18-9-8-16(28)13-19(18)30-27/h5-14,23,32H,4H2,1-3H3,(H,29,30)/b24-22+. The quantitative estimate of drug-likeness (QED) is 0.212. The predicted octanol–water partition coefficient (Wildman–Crippen LogP) is 5.44. The van der Waals surface area contributed by atoms with Crippen molar-refractivity contribution in [2.45, 2.75) is 32.7 Å². The maximum Gasteiger partial charge on any atom is 0.302 e. The number of imidazole rings is 1. The van der Waals surface area contributed by atoms with Crippen molar-refractivity contribution in [2.75, 3.05) is 11.5 Å². The minimum Gasteiger partial charge on any atom is -0.507 e. The fourth-order valence-electron chi connectivity index (χ4n) is 4.44. The molecule has 184 valence electrons. The second-order valence-electron chi connectivity index (χ2n) is 8.75. The van der Waals surface area contributed by atoms with Crippen molar-refractivity contribution in [3.8, 4) is 5.75 Å². The first kappa shape index (κ1) is 23.3. The molecular weight excluding hydrogens is 465 g/mol. The average molecular weight is 490 g/mol. The van der Waals surface area contributed by atoms with Gasteiger partial charge in [0.05, 0.1) is 29.5 Å². The molecule has 1 fully saturated rings. The molecule has 8 nitrogen and oxygen atoms in total. The van der Waals surface area contributed by atoms with Gasteiger partial charge in [0.25, 0.3) is 5.78 Å². The van der Waals surface area contributed by atoms with Crippen LogP contribution in [0.3, 0.4) is 0 Å². The number of benzene rings is 2. The minimum atomic E-state index is -1.08. The second kappa shape index (κ2) is 8.99. The van der Waals surface area contributed by atoms with Crippen LogP contribution in [-0.4, -0.2) is 33.4 Å². The topological polar surface area (TPSA) is 109 Å². The van der Waals surface area contributed by atoms with Gasteiger partial charge in [-0.25, -0.2) is 9.37 Å². The summed E-state index contributed by atoms with van der Waals surface area (Å²) in [6.45, 7) is 6.35. The Kier molecular flexibility index (Phi) is 5.83. The van der Waals surface area contributed by atoms with Crippen LogP contribution in [0.2, 0.25) is 0 Å². The zero-order chi connectivity index (χ0) is 25.6. The Hall–Kier alpha value is -4.40. The molecule has 2 aromatic heterocycles. The van der Waals surface area contributed by atoms with Gasteiger partial charge < -0.3 is 19.2 Å². The van der Waals surface area contributed by atoms with Crippen molar-refractivity contribution in [1.82, 2.24) is 9.97 Å². The monoisotopic (exact) mass is 489 g/mol. The number of hydrogen-bond acceptors (Lipinski definition) is 6. The molecule has 0 bridgehead atoms. The van der Waals surface area contributed by atoms with E-state index in [1.54, 1.807) is 30.3 Å². The van der Waals surface area contributed by atoms with E-state index < -0.39 is 23.5 Å². The number of aromatic nitrogens is 2. The molecule has 1 aliphatic heterocycles. The number of Topliss-reactive ketones (excluding diaryl/α,β-unsaturated/α-hetero) is 1. The van der Waals surface area contributed by atoms with Crippen molar-refractivity contribution >= 4 is 34.4 Å². The van der Waals surface area contributed by atoms with Crippen LogP contribution >= 0.6 is 0 Å². The van der Waals surface area contributed by atoms with Crippen molar-refractivity contribution in [1.29, 1.82) is 0 Å². The molecule has 5 rings (SSSR count). The van der Waals surface area contributed by atoms with Gasteiger partial charge in [-0.15, -0.1) is 0 Å². The number of aliphatic hydroxyl groups excluding tert-OH is 1. The van der Waals surface area contributed by atoms with E-state index >= 15 is 0 Å². The Morgan fingerprint density at radius 3 is 2.72 bits per heavy atom. The highest BCUT2D eigenvalue weighted by molar-refractivity contribution is 6.51. The Morgan fingerprint density at radius 1 is 1.22 bits per heavy atom. The largest absolute Gasteiger partial charge is 0.507 e. The number of aliphatic hydroxyl groups is 1. The summed E-state index contributed by atoms with van der Waals surface area (Å²) in [6, 6.07) is 11.2. The fourth-order valence-corrected chi connectivity index (χ4v) is 4.44. The molecule has 2 aromatic carbocycles. The zero-order valence-corrected chi connectivity index (χ0v) is 19.9. The summed E-state index contributed by atoms with van der Waals surface area (Å²) >= 11 is 0. The number of ketones is 1. The summed E-state index contributed by atoms with van der Waals surface area (Å²) in [7, 11) is 0. The number of fused-ring (bicyclic) bond motifs is 1. The van der Waals surface area contributed by atoms with E-state index in [2.05, 4.69) is 9.97 Å². The number of amides is 1. The molecule has 4 aromatic rings. The summed E-state index contributed by atoms with van der Waals surface area (Å²) in [5, 5.41) is 11.4. The number of nitrogens with zero attached hydrogens (tertiary/aromatic N) is 2. The highest BCUT2D eigenvalue weighted by atomic mass is 19.1. The van der Waals surface area contributed by atoms with Gasteiger partial charge in [-0.2, -0.15) is 0 Å². The van der Waals surface area contributed by atoms with Gasteiger partial charge in [0.15, 0.2) is 0 Å². The smallest absolute Gasteiger partial charge is 0.302 e. The molecule has 1 aliphatic rings. The van der Waals surface area contributed by atoms with E-state index in [4.69, 9.17) is 9.15 Å². The van der Waals surface area contributed by atoms with E-state index in [0.29, 0.717) is 29.0 Å². The Labute approximate surface area is 206 Å². The first-order valence-corrected chi connectivity index (χ1v) is 11.6. The Morgan fingerprint density at radius 2 is 2.03 bits per heavy atom. The van der Waals surface area contributed by atoms with Crippen molar-refractivity contribution in [3.63, 3.8) is 0 Å².